The maximum absolute atomic E-state index is 9.33. The number of rotatable bonds is 3. The Bertz CT molecular complexity index is 750. The smallest absolute Gasteiger partial charge is 0.142 e. The molecule has 20 heavy (non-hydrogen) atoms. The quantitative estimate of drug-likeness (QED) is 0.714. The molecule has 4 nitrogen and oxygen atoms in total. The third-order valence-corrected chi connectivity index (χ3v) is 3.95. The van der Waals surface area contributed by atoms with Gasteiger partial charge in [-0.3, -0.25) is 0 Å². The van der Waals surface area contributed by atoms with Crippen molar-refractivity contribution in [2.45, 2.75) is 20.3 Å². The highest BCUT2D eigenvalue weighted by molar-refractivity contribution is 7.18. The Balaban J connectivity index is 2.06. The second kappa shape index (κ2) is 5.09. The van der Waals surface area contributed by atoms with Crippen LogP contribution in [0.25, 0.3) is 10.2 Å². The molecule has 2 aromatic heterocycles. The molecule has 102 valence electrons. The van der Waals surface area contributed by atoms with Crippen molar-refractivity contribution >= 4 is 33.1 Å². The van der Waals surface area contributed by atoms with Crippen molar-refractivity contribution in [1.82, 2.24) is 9.97 Å². The van der Waals surface area contributed by atoms with Gasteiger partial charge in [-0.15, -0.1) is 11.3 Å². The largest absolute Gasteiger partial charge is 0.508 e. The molecule has 0 aliphatic heterocycles. The molecule has 3 aromatic rings. The van der Waals surface area contributed by atoms with E-state index in [-0.39, 0.29) is 5.75 Å². The maximum Gasteiger partial charge on any atom is 0.142 e. The van der Waals surface area contributed by atoms with E-state index in [1.54, 1.807) is 23.5 Å². The second-order valence-electron chi connectivity index (χ2n) is 4.59. The predicted molar refractivity (Wildman–Crippen MR) is 82.9 cm³/mol. The van der Waals surface area contributed by atoms with Gasteiger partial charge >= 0.3 is 0 Å². The van der Waals surface area contributed by atoms with Crippen molar-refractivity contribution in [3.63, 3.8) is 0 Å². The number of aryl methyl sites for hydroxylation is 2. The summed E-state index contributed by atoms with van der Waals surface area (Å²) in [4.78, 5) is 11.4. The number of thiophene rings is 1. The number of fused-ring (bicyclic) bond motifs is 1. The predicted octanol–water partition coefficient (Wildman–Crippen LogP) is 4.01. The molecule has 0 aliphatic rings. The number of nitrogens with one attached hydrogen (secondary N) is 1. The Morgan fingerprint density at radius 1 is 1.20 bits per heavy atom. The first-order chi connectivity index (χ1) is 9.65. The summed E-state index contributed by atoms with van der Waals surface area (Å²) in [7, 11) is 0. The molecule has 2 heterocycles. The van der Waals surface area contributed by atoms with Gasteiger partial charge in [-0.1, -0.05) is 6.92 Å². The van der Waals surface area contributed by atoms with Crippen LogP contribution in [0.15, 0.2) is 30.3 Å². The second-order valence-corrected chi connectivity index (χ2v) is 5.82. The Kier molecular flexibility index (Phi) is 3.28. The molecule has 0 unspecified atom stereocenters. The maximum atomic E-state index is 9.33. The lowest BCUT2D eigenvalue weighted by atomic mass is 10.3. The molecule has 1 aromatic carbocycles. The third kappa shape index (κ3) is 2.44. The summed E-state index contributed by atoms with van der Waals surface area (Å²) in [5, 5.41) is 13.7. The summed E-state index contributed by atoms with van der Waals surface area (Å²) < 4.78 is 0. The highest BCUT2D eigenvalue weighted by Gasteiger charge is 2.10. The van der Waals surface area contributed by atoms with Crippen molar-refractivity contribution in [2.75, 3.05) is 5.32 Å². The number of phenolic OH excluding ortho intramolecular Hbond substituents is 1. The third-order valence-electron chi connectivity index (χ3n) is 3.01. The zero-order valence-corrected chi connectivity index (χ0v) is 12.2. The molecular formula is C15H15N3OS. The number of benzene rings is 1. The van der Waals surface area contributed by atoms with Gasteiger partial charge in [0.05, 0.1) is 5.39 Å². The molecule has 5 heteroatoms. The van der Waals surface area contributed by atoms with Crippen LogP contribution in [-0.4, -0.2) is 15.1 Å². The van der Waals surface area contributed by atoms with Crippen molar-refractivity contribution in [3.05, 3.63) is 41.0 Å². The van der Waals surface area contributed by atoms with Crippen molar-refractivity contribution < 1.29 is 5.11 Å². The van der Waals surface area contributed by atoms with E-state index in [0.717, 1.165) is 34.0 Å². The van der Waals surface area contributed by atoms with E-state index in [1.165, 1.54) is 4.88 Å². The number of anilines is 2. The van der Waals surface area contributed by atoms with Crippen molar-refractivity contribution in [2.24, 2.45) is 0 Å². The average molecular weight is 285 g/mol. The normalized spacial score (nSPS) is 10.9. The topological polar surface area (TPSA) is 58.0 Å². The van der Waals surface area contributed by atoms with E-state index in [4.69, 9.17) is 0 Å². The molecule has 0 saturated carbocycles. The van der Waals surface area contributed by atoms with Gasteiger partial charge in [-0.25, -0.2) is 9.97 Å². The zero-order chi connectivity index (χ0) is 14.1. The van der Waals surface area contributed by atoms with Gasteiger partial charge in [0.15, 0.2) is 0 Å². The lowest BCUT2D eigenvalue weighted by Crippen LogP contribution is -1.99. The first-order valence-electron chi connectivity index (χ1n) is 6.49. The SMILES string of the molecule is CCc1nc(Nc2ccc(O)cc2)c2cc(C)sc2n1. The highest BCUT2D eigenvalue weighted by atomic mass is 32.1. The summed E-state index contributed by atoms with van der Waals surface area (Å²) in [6, 6.07) is 9.06. The summed E-state index contributed by atoms with van der Waals surface area (Å²) >= 11 is 1.68. The first kappa shape index (κ1) is 12.9. The summed E-state index contributed by atoms with van der Waals surface area (Å²) in [5.74, 6) is 1.91. The Hall–Kier alpha value is -2.14. The molecule has 3 rings (SSSR count). The number of hydrogen-bond donors (Lipinski definition) is 2. The van der Waals surface area contributed by atoms with Gasteiger partial charge in [0.1, 0.15) is 22.2 Å². The molecule has 0 spiro atoms. The van der Waals surface area contributed by atoms with Gasteiger partial charge in [0, 0.05) is 17.0 Å². The van der Waals surface area contributed by atoms with E-state index in [2.05, 4.69) is 28.3 Å². The van der Waals surface area contributed by atoms with E-state index in [9.17, 15) is 5.11 Å². The number of aromatic nitrogens is 2. The number of phenols is 1. The summed E-state index contributed by atoms with van der Waals surface area (Å²) in [6.07, 6.45) is 0.803. The van der Waals surface area contributed by atoms with Gasteiger partial charge in [0.2, 0.25) is 0 Å². The van der Waals surface area contributed by atoms with Crippen LogP contribution in [0.5, 0.6) is 5.75 Å². The molecule has 2 N–H and O–H groups in total. The molecule has 0 aliphatic carbocycles. The minimum atomic E-state index is 0.254. The van der Waals surface area contributed by atoms with Gasteiger partial charge in [0.25, 0.3) is 0 Å². The van der Waals surface area contributed by atoms with Gasteiger partial charge in [-0.2, -0.15) is 0 Å². The van der Waals surface area contributed by atoms with E-state index < -0.39 is 0 Å². The van der Waals surface area contributed by atoms with Crippen LogP contribution >= 0.6 is 11.3 Å². The first-order valence-corrected chi connectivity index (χ1v) is 7.30. The van der Waals surface area contributed by atoms with Gasteiger partial charge in [-0.05, 0) is 37.3 Å². The minimum Gasteiger partial charge on any atom is -0.508 e. The minimum absolute atomic E-state index is 0.254. The van der Waals surface area contributed by atoms with Crippen LogP contribution in [0.1, 0.15) is 17.6 Å². The molecule has 0 radical (unpaired) electrons. The molecule has 0 atom stereocenters. The van der Waals surface area contributed by atoms with Crippen LogP contribution in [0, 0.1) is 6.92 Å². The van der Waals surface area contributed by atoms with E-state index >= 15 is 0 Å². The zero-order valence-electron chi connectivity index (χ0n) is 11.3. The fourth-order valence-electron chi connectivity index (χ4n) is 2.02. The van der Waals surface area contributed by atoms with Crippen LogP contribution in [-0.2, 0) is 6.42 Å². The lowest BCUT2D eigenvalue weighted by molar-refractivity contribution is 0.475. The average Bonchev–Trinajstić information content (AvgIpc) is 2.81. The van der Waals surface area contributed by atoms with E-state index in [1.807, 2.05) is 19.1 Å². The summed E-state index contributed by atoms with van der Waals surface area (Å²) in [6.45, 7) is 4.12. The standard InChI is InChI=1S/C15H15N3OS/c1-3-13-17-14(12-8-9(2)20-15(12)18-13)16-10-4-6-11(19)7-5-10/h4-8,19H,3H2,1-2H3,(H,16,17,18). The Morgan fingerprint density at radius 3 is 2.65 bits per heavy atom. The Labute approximate surface area is 121 Å². The van der Waals surface area contributed by atoms with Gasteiger partial charge < -0.3 is 10.4 Å². The fourth-order valence-corrected chi connectivity index (χ4v) is 2.92. The molecular weight excluding hydrogens is 270 g/mol. The molecule has 0 fully saturated rings. The van der Waals surface area contributed by atoms with E-state index in [0.29, 0.717) is 0 Å². The number of aromatic hydroxyl groups is 1. The number of nitrogens with zero attached hydrogens (tertiary/aromatic N) is 2. The fraction of sp³-hybridized carbons (Fsp3) is 0.200. The van der Waals surface area contributed by atoms with Crippen LogP contribution < -0.4 is 5.32 Å². The highest BCUT2D eigenvalue weighted by Crippen LogP contribution is 2.30. The van der Waals surface area contributed by atoms with Crippen LogP contribution in [0.3, 0.4) is 0 Å². The molecule has 0 bridgehead atoms. The van der Waals surface area contributed by atoms with Crippen LogP contribution in [0.2, 0.25) is 0 Å². The van der Waals surface area contributed by atoms with Crippen molar-refractivity contribution in [3.8, 4) is 5.75 Å². The Morgan fingerprint density at radius 2 is 1.95 bits per heavy atom. The number of hydrogen-bond acceptors (Lipinski definition) is 5. The lowest BCUT2D eigenvalue weighted by Gasteiger charge is -2.08. The van der Waals surface area contributed by atoms with Crippen LogP contribution in [0.4, 0.5) is 11.5 Å². The monoisotopic (exact) mass is 285 g/mol. The molecule has 0 amide bonds. The van der Waals surface area contributed by atoms with Crippen molar-refractivity contribution in [1.29, 1.82) is 0 Å². The summed E-state index contributed by atoms with van der Waals surface area (Å²) in [5.41, 5.74) is 0.897. The molecule has 0 saturated heterocycles.